The highest BCUT2D eigenvalue weighted by molar-refractivity contribution is 9.10. The van der Waals surface area contributed by atoms with Gasteiger partial charge >= 0.3 is 5.97 Å². The van der Waals surface area contributed by atoms with Crippen molar-refractivity contribution >= 4 is 43.5 Å². The van der Waals surface area contributed by atoms with Crippen LogP contribution in [0.1, 0.15) is 36.0 Å². The van der Waals surface area contributed by atoms with E-state index in [4.69, 9.17) is 4.74 Å². The van der Waals surface area contributed by atoms with Crippen molar-refractivity contribution in [3.05, 3.63) is 58.6 Å². The Kier molecular flexibility index (Phi) is 7.63. The highest BCUT2D eigenvalue weighted by Gasteiger charge is 2.26. The summed E-state index contributed by atoms with van der Waals surface area (Å²) in [5, 5.41) is 2.62. The maximum Gasteiger partial charge on any atom is 0.338 e. The first-order valence-electron chi connectivity index (χ1n) is 9.69. The lowest BCUT2D eigenvalue weighted by Crippen LogP contribution is -2.32. The van der Waals surface area contributed by atoms with Crippen molar-refractivity contribution in [2.24, 2.45) is 0 Å². The molecule has 2 aromatic rings. The van der Waals surface area contributed by atoms with E-state index in [2.05, 4.69) is 21.2 Å². The molecule has 1 aliphatic heterocycles. The van der Waals surface area contributed by atoms with Crippen LogP contribution in [0.15, 0.2) is 57.9 Å². The Balaban J connectivity index is 1.62. The predicted molar refractivity (Wildman–Crippen MR) is 117 cm³/mol. The van der Waals surface area contributed by atoms with Gasteiger partial charge in [-0.2, -0.15) is 4.31 Å². The zero-order valence-electron chi connectivity index (χ0n) is 16.3. The number of sulfonamides is 1. The standard InChI is InChI=1S/C21H23BrN2O5S/c22-17-8-10-18(11-9-17)23-20(25)15-29-21(26)16-6-5-7-19(14-16)30(27,28)24-12-3-1-2-4-13-24/h5-11,14H,1-4,12-13,15H2,(H,23,25). The second-order valence-corrected chi connectivity index (χ2v) is 9.83. The second-order valence-electron chi connectivity index (χ2n) is 6.98. The van der Waals surface area contributed by atoms with Crippen LogP contribution in [0.25, 0.3) is 0 Å². The van der Waals surface area contributed by atoms with Crippen molar-refractivity contribution in [2.75, 3.05) is 25.0 Å². The van der Waals surface area contributed by atoms with Gasteiger partial charge in [0.15, 0.2) is 6.61 Å². The number of carbonyl (C=O) groups excluding carboxylic acids is 2. The van der Waals surface area contributed by atoms with E-state index < -0.39 is 28.5 Å². The van der Waals surface area contributed by atoms with Crippen molar-refractivity contribution < 1.29 is 22.7 Å². The van der Waals surface area contributed by atoms with Crippen molar-refractivity contribution in [1.29, 1.82) is 0 Å². The summed E-state index contributed by atoms with van der Waals surface area (Å²) >= 11 is 3.31. The molecule has 7 nitrogen and oxygen atoms in total. The molecule has 1 saturated heterocycles. The topological polar surface area (TPSA) is 92.8 Å². The van der Waals surface area contributed by atoms with Crippen LogP contribution >= 0.6 is 15.9 Å². The molecule has 160 valence electrons. The molecule has 0 atom stereocenters. The summed E-state index contributed by atoms with van der Waals surface area (Å²) in [5.41, 5.74) is 0.659. The number of carbonyl (C=O) groups is 2. The molecule has 0 spiro atoms. The van der Waals surface area contributed by atoms with Crippen LogP contribution < -0.4 is 5.32 Å². The van der Waals surface area contributed by atoms with Gasteiger partial charge in [0, 0.05) is 23.2 Å². The summed E-state index contributed by atoms with van der Waals surface area (Å²) in [5.74, 6) is -1.24. The van der Waals surface area contributed by atoms with Gasteiger partial charge in [-0.3, -0.25) is 4.79 Å². The Morgan fingerprint density at radius 1 is 1.00 bits per heavy atom. The van der Waals surface area contributed by atoms with Gasteiger partial charge in [-0.05, 0) is 55.3 Å². The lowest BCUT2D eigenvalue weighted by molar-refractivity contribution is -0.119. The van der Waals surface area contributed by atoms with Gasteiger partial charge in [0.25, 0.3) is 5.91 Å². The van der Waals surface area contributed by atoms with Crippen molar-refractivity contribution in [3.63, 3.8) is 0 Å². The molecule has 0 saturated carbocycles. The number of esters is 1. The fraction of sp³-hybridized carbons (Fsp3) is 0.333. The highest BCUT2D eigenvalue weighted by Crippen LogP contribution is 2.21. The normalized spacial score (nSPS) is 15.2. The summed E-state index contributed by atoms with van der Waals surface area (Å²) in [7, 11) is -3.67. The minimum atomic E-state index is -3.67. The first-order valence-corrected chi connectivity index (χ1v) is 11.9. The highest BCUT2D eigenvalue weighted by atomic mass is 79.9. The number of benzene rings is 2. The van der Waals surface area contributed by atoms with Gasteiger partial charge in [-0.25, -0.2) is 13.2 Å². The zero-order valence-corrected chi connectivity index (χ0v) is 18.7. The molecule has 0 bridgehead atoms. The summed E-state index contributed by atoms with van der Waals surface area (Å²) in [6.45, 7) is 0.485. The Bertz CT molecular complexity index is 1000. The zero-order chi connectivity index (χ0) is 21.6. The summed E-state index contributed by atoms with van der Waals surface area (Å²) in [6.07, 6.45) is 3.68. The van der Waals surface area contributed by atoms with E-state index >= 15 is 0 Å². The molecular formula is C21H23BrN2O5S. The van der Waals surface area contributed by atoms with Crippen LogP contribution in [-0.2, 0) is 19.6 Å². The third kappa shape index (κ3) is 5.90. The molecule has 1 heterocycles. The number of rotatable bonds is 6. The van der Waals surface area contributed by atoms with E-state index in [1.165, 1.54) is 28.6 Å². The monoisotopic (exact) mass is 494 g/mol. The van der Waals surface area contributed by atoms with Gasteiger partial charge in [0.2, 0.25) is 10.0 Å². The largest absolute Gasteiger partial charge is 0.452 e. The average molecular weight is 495 g/mol. The van der Waals surface area contributed by atoms with Crippen molar-refractivity contribution in [2.45, 2.75) is 30.6 Å². The molecule has 30 heavy (non-hydrogen) atoms. The van der Waals surface area contributed by atoms with E-state index in [1.54, 1.807) is 24.3 Å². The van der Waals surface area contributed by atoms with Gasteiger partial charge in [-0.1, -0.05) is 34.8 Å². The first kappa shape index (κ1) is 22.5. The molecule has 0 aromatic heterocycles. The molecule has 1 amide bonds. The van der Waals surface area contributed by atoms with Crippen LogP contribution in [-0.4, -0.2) is 44.3 Å². The number of halogens is 1. The third-order valence-corrected chi connectivity index (χ3v) is 7.16. The average Bonchev–Trinajstić information content (AvgIpc) is 3.04. The minimum Gasteiger partial charge on any atom is -0.452 e. The smallest absolute Gasteiger partial charge is 0.338 e. The van der Waals surface area contributed by atoms with E-state index in [-0.39, 0.29) is 10.5 Å². The molecule has 2 aromatic carbocycles. The molecule has 0 aliphatic carbocycles. The Morgan fingerprint density at radius 2 is 1.67 bits per heavy atom. The number of hydrogen-bond acceptors (Lipinski definition) is 5. The summed E-state index contributed by atoms with van der Waals surface area (Å²) in [6, 6.07) is 12.7. The number of nitrogens with zero attached hydrogens (tertiary/aromatic N) is 1. The maximum absolute atomic E-state index is 12.9. The van der Waals surface area contributed by atoms with Crippen molar-refractivity contribution in [1.82, 2.24) is 4.31 Å². The maximum atomic E-state index is 12.9. The van der Waals surface area contributed by atoms with E-state index in [9.17, 15) is 18.0 Å². The molecule has 1 aliphatic rings. The number of nitrogens with one attached hydrogen (secondary N) is 1. The van der Waals surface area contributed by atoms with E-state index in [0.717, 1.165) is 30.2 Å². The number of hydrogen-bond donors (Lipinski definition) is 1. The lowest BCUT2D eigenvalue weighted by Gasteiger charge is -2.20. The lowest BCUT2D eigenvalue weighted by atomic mass is 10.2. The van der Waals surface area contributed by atoms with Crippen molar-refractivity contribution in [3.8, 4) is 0 Å². The quantitative estimate of drug-likeness (QED) is 0.616. The fourth-order valence-corrected chi connectivity index (χ4v) is 4.99. The van der Waals surface area contributed by atoms with Crippen LogP contribution in [0, 0.1) is 0 Å². The third-order valence-electron chi connectivity index (χ3n) is 4.73. The van der Waals surface area contributed by atoms with E-state index in [1.807, 2.05) is 0 Å². The number of anilines is 1. The fourth-order valence-electron chi connectivity index (χ4n) is 3.16. The summed E-state index contributed by atoms with van der Waals surface area (Å²) < 4.78 is 33.2. The molecule has 3 rings (SSSR count). The molecule has 0 unspecified atom stereocenters. The van der Waals surface area contributed by atoms with Crippen LogP contribution in [0.3, 0.4) is 0 Å². The van der Waals surface area contributed by atoms with E-state index in [0.29, 0.717) is 18.8 Å². The molecule has 9 heteroatoms. The SMILES string of the molecule is O=C(COC(=O)c1cccc(S(=O)(=O)N2CCCCCC2)c1)Nc1ccc(Br)cc1. The minimum absolute atomic E-state index is 0.0539. The molecule has 1 N–H and O–H groups in total. The summed E-state index contributed by atoms with van der Waals surface area (Å²) in [4.78, 5) is 24.4. The Labute approximate surface area is 184 Å². The van der Waals surface area contributed by atoms with Crippen LogP contribution in [0.4, 0.5) is 5.69 Å². The van der Waals surface area contributed by atoms with Gasteiger partial charge in [0.05, 0.1) is 10.5 Å². The van der Waals surface area contributed by atoms with Gasteiger partial charge < -0.3 is 10.1 Å². The number of ether oxygens (including phenoxy) is 1. The Hall–Kier alpha value is -2.23. The molecule has 0 radical (unpaired) electrons. The Morgan fingerprint density at radius 3 is 2.33 bits per heavy atom. The second kappa shape index (κ2) is 10.2. The van der Waals surface area contributed by atoms with Crippen LogP contribution in [0.5, 0.6) is 0 Å². The first-order chi connectivity index (χ1) is 14.4. The number of amides is 1. The molecule has 1 fully saturated rings. The predicted octanol–water partition coefficient (Wildman–Crippen LogP) is 3.81. The molecular weight excluding hydrogens is 472 g/mol. The van der Waals surface area contributed by atoms with Crippen LogP contribution in [0.2, 0.25) is 0 Å². The van der Waals surface area contributed by atoms with Gasteiger partial charge in [0.1, 0.15) is 0 Å². The van der Waals surface area contributed by atoms with Gasteiger partial charge in [-0.15, -0.1) is 0 Å².